The Morgan fingerprint density at radius 2 is 1.76 bits per heavy atom. The van der Waals surface area contributed by atoms with Gasteiger partial charge in [-0.3, -0.25) is 23.5 Å². The van der Waals surface area contributed by atoms with E-state index in [0.717, 1.165) is 11.1 Å². The molecule has 0 amide bonds. The molecule has 1 aliphatic carbocycles. The lowest BCUT2D eigenvalue weighted by molar-refractivity contribution is -0.116. The van der Waals surface area contributed by atoms with Crippen LogP contribution in [-0.4, -0.2) is 19.5 Å². The van der Waals surface area contributed by atoms with Gasteiger partial charge in [-0.1, -0.05) is 24.3 Å². The van der Waals surface area contributed by atoms with E-state index in [0.29, 0.717) is 29.8 Å². The molecule has 2 aromatic carbocycles. The number of hydrogen-bond donors (Lipinski definition) is 0. The van der Waals surface area contributed by atoms with Gasteiger partial charge in [-0.25, -0.2) is 9.18 Å². The number of rotatable bonds is 6. The Hall–Kier alpha value is -4.07. The Morgan fingerprint density at radius 1 is 1.03 bits per heavy atom. The van der Waals surface area contributed by atoms with E-state index in [1.54, 1.807) is 57.3 Å². The summed E-state index contributed by atoms with van der Waals surface area (Å²) in [5, 5.41) is 0.225. The number of hydrogen-bond acceptors (Lipinski definition) is 4. The molecule has 5 rings (SSSR count). The number of pyridine rings is 1. The lowest BCUT2D eigenvalue weighted by Gasteiger charge is -2.20. The molecule has 4 aromatic rings. The molecular weight excluding hydrogens is 473 g/mol. The molecule has 0 spiro atoms. The normalized spacial score (nSPS) is 13.3. The summed E-state index contributed by atoms with van der Waals surface area (Å²) in [6.07, 6.45) is 1.62. The first-order chi connectivity index (χ1) is 17.6. The molecule has 0 radical (unpaired) electrons. The summed E-state index contributed by atoms with van der Waals surface area (Å²) in [4.78, 5) is 52.8. The lowest BCUT2D eigenvalue weighted by Crippen LogP contribution is -2.41. The molecule has 37 heavy (non-hydrogen) atoms. The minimum Gasteiger partial charge on any atom is -0.314 e. The molecule has 0 aliphatic heterocycles. The van der Waals surface area contributed by atoms with E-state index >= 15 is 0 Å². The van der Waals surface area contributed by atoms with Crippen molar-refractivity contribution in [2.45, 2.75) is 52.5 Å². The van der Waals surface area contributed by atoms with Crippen LogP contribution in [0.1, 0.15) is 53.8 Å². The molecule has 0 atom stereocenters. The molecule has 2 heterocycles. The number of ketones is 1. The molecule has 0 unspecified atom stereocenters. The molecule has 1 saturated carbocycles. The number of fused-ring (bicyclic) bond motifs is 1. The Morgan fingerprint density at radius 3 is 2.41 bits per heavy atom. The van der Waals surface area contributed by atoms with Crippen LogP contribution in [0.25, 0.3) is 16.6 Å². The van der Waals surface area contributed by atoms with E-state index in [2.05, 4.69) is 0 Å². The van der Waals surface area contributed by atoms with E-state index in [1.807, 2.05) is 0 Å². The SMILES string of the molecule is CC(=O)Cc1cccc(-n2c(=O)n(C3CC3)c(=O)c3c(Cc4ccc(C)cc4F)n(C)c(=O)c(C)c32)c1. The molecule has 2 aromatic heterocycles. The highest BCUT2D eigenvalue weighted by atomic mass is 19.1. The summed E-state index contributed by atoms with van der Waals surface area (Å²) < 4.78 is 18.9. The fourth-order valence-corrected chi connectivity index (χ4v) is 5.05. The summed E-state index contributed by atoms with van der Waals surface area (Å²) in [6.45, 7) is 4.88. The van der Waals surface area contributed by atoms with Gasteiger partial charge in [0.05, 0.1) is 16.6 Å². The van der Waals surface area contributed by atoms with Gasteiger partial charge in [0.2, 0.25) is 0 Å². The van der Waals surface area contributed by atoms with Crippen molar-refractivity contribution in [3.63, 3.8) is 0 Å². The molecule has 8 heteroatoms. The van der Waals surface area contributed by atoms with Crippen molar-refractivity contribution in [2.75, 3.05) is 0 Å². The van der Waals surface area contributed by atoms with E-state index < -0.39 is 17.1 Å². The number of benzene rings is 2. The second-order valence-corrected chi connectivity index (χ2v) is 10.0. The van der Waals surface area contributed by atoms with Crippen molar-refractivity contribution in [3.8, 4) is 5.69 Å². The number of carbonyl (C=O) groups excluding carboxylic acids is 1. The Labute approximate surface area is 212 Å². The van der Waals surface area contributed by atoms with E-state index in [4.69, 9.17) is 0 Å². The maximum Gasteiger partial charge on any atom is 0.336 e. The molecule has 0 saturated heterocycles. The monoisotopic (exact) mass is 501 g/mol. The second-order valence-electron chi connectivity index (χ2n) is 10.0. The van der Waals surface area contributed by atoms with Crippen LogP contribution < -0.4 is 16.8 Å². The van der Waals surface area contributed by atoms with Crippen LogP contribution in [0.3, 0.4) is 0 Å². The van der Waals surface area contributed by atoms with Crippen molar-refractivity contribution in [1.82, 2.24) is 13.7 Å². The zero-order chi connectivity index (χ0) is 26.6. The first-order valence-corrected chi connectivity index (χ1v) is 12.3. The van der Waals surface area contributed by atoms with Crippen LogP contribution >= 0.6 is 0 Å². The van der Waals surface area contributed by atoms with Gasteiger partial charge in [0.1, 0.15) is 11.6 Å². The van der Waals surface area contributed by atoms with Crippen molar-refractivity contribution in [2.24, 2.45) is 7.05 Å². The van der Waals surface area contributed by atoms with Crippen molar-refractivity contribution < 1.29 is 9.18 Å². The average Bonchev–Trinajstić information content (AvgIpc) is 3.67. The highest BCUT2D eigenvalue weighted by Crippen LogP contribution is 2.33. The van der Waals surface area contributed by atoms with Gasteiger partial charge in [0, 0.05) is 37.2 Å². The molecule has 7 nitrogen and oxygen atoms in total. The van der Waals surface area contributed by atoms with Crippen molar-refractivity contribution >= 4 is 16.7 Å². The number of Topliss-reactive ketones (excluding diaryl/α,β-unsaturated/α-hetero) is 1. The van der Waals surface area contributed by atoms with Gasteiger partial charge < -0.3 is 4.57 Å². The lowest BCUT2D eigenvalue weighted by atomic mass is 10.0. The van der Waals surface area contributed by atoms with Crippen LogP contribution in [0.15, 0.2) is 56.8 Å². The Bertz CT molecular complexity index is 1770. The molecule has 0 N–H and O–H groups in total. The topological polar surface area (TPSA) is 83.1 Å². The summed E-state index contributed by atoms with van der Waals surface area (Å²) >= 11 is 0. The zero-order valence-electron chi connectivity index (χ0n) is 21.3. The predicted molar refractivity (Wildman–Crippen MR) is 140 cm³/mol. The van der Waals surface area contributed by atoms with Gasteiger partial charge in [-0.2, -0.15) is 0 Å². The number of aryl methyl sites for hydroxylation is 2. The van der Waals surface area contributed by atoms with Gasteiger partial charge >= 0.3 is 5.69 Å². The summed E-state index contributed by atoms with van der Waals surface area (Å²) in [5.74, 6) is -0.446. The third-order valence-corrected chi connectivity index (χ3v) is 7.06. The standard InChI is InChI=1S/C29H28FN3O4/c1-16-8-9-20(23(30)12-16)15-24-25-26(18(3)27(35)31(24)4)32(29(37)33(28(25)36)21-10-11-21)22-7-5-6-19(14-22)13-17(2)34/h5-9,12,14,21H,10-11,13,15H2,1-4H3. The van der Waals surface area contributed by atoms with E-state index in [9.17, 15) is 23.6 Å². The van der Waals surface area contributed by atoms with Crippen LogP contribution in [0.2, 0.25) is 0 Å². The third-order valence-electron chi connectivity index (χ3n) is 7.06. The molecule has 190 valence electrons. The first-order valence-electron chi connectivity index (χ1n) is 12.3. The number of nitrogens with zero attached hydrogens (tertiary/aromatic N) is 3. The average molecular weight is 502 g/mol. The predicted octanol–water partition coefficient (Wildman–Crippen LogP) is 3.66. The van der Waals surface area contributed by atoms with Gasteiger partial charge in [0.25, 0.3) is 11.1 Å². The Balaban J connectivity index is 1.90. The third kappa shape index (κ3) is 4.26. The molecule has 1 fully saturated rings. The highest BCUT2D eigenvalue weighted by molar-refractivity contribution is 5.85. The zero-order valence-corrected chi connectivity index (χ0v) is 21.3. The summed E-state index contributed by atoms with van der Waals surface area (Å²) in [6, 6.07) is 11.6. The molecular formula is C29H28FN3O4. The van der Waals surface area contributed by atoms with Gasteiger partial charge in [-0.05, 0) is 68.5 Å². The van der Waals surface area contributed by atoms with Crippen molar-refractivity contribution in [3.05, 3.63) is 107 Å². The minimum atomic E-state index is -0.524. The second kappa shape index (κ2) is 9.10. The fraction of sp³-hybridized carbons (Fsp3) is 0.310. The minimum absolute atomic E-state index is 0.0110. The maximum absolute atomic E-state index is 14.9. The summed E-state index contributed by atoms with van der Waals surface area (Å²) in [5.41, 5.74) is 1.75. The van der Waals surface area contributed by atoms with E-state index in [-0.39, 0.29) is 46.7 Å². The van der Waals surface area contributed by atoms with Crippen LogP contribution in [0, 0.1) is 19.7 Å². The molecule has 1 aliphatic rings. The van der Waals surface area contributed by atoms with Gasteiger partial charge in [-0.15, -0.1) is 0 Å². The quantitative estimate of drug-likeness (QED) is 0.404. The maximum atomic E-state index is 14.9. The highest BCUT2D eigenvalue weighted by Gasteiger charge is 2.31. The van der Waals surface area contributed by atoms with Crippen LogP contribution in [0.4, 0.5) is 4.39 Å². The van der Waals surface area contributed by atoms with Crippen LogP contribution in [0.5, 0.6) is 0 Å². The Kier molecular flexibility index (Phi) is 6.06. The number of carbonyl (C=O) groups is 1. The fourth-order valence-electron chi connectivity index (χ4n) is 5.05. The van der Waals surface area contributed by atoms with Crippen LogP contribution in [-0.2, 0) is 24.7 Å². The number of aromatic nitrogens is 3. The largest absolute Gasteiger partial charge is 0.336 e. The molecule has 0 bridgehead atoms. The first kappa shape index (κ1) is 24.6. The van der Waals surface area contributed by atoms with E-state index in [1.165, 1.54) is 26.7 Å². The van der Waals surface area contributed by atoms with Gasteiger partial charge in [0.15, 0.2) is 0 Å². The smallest absolute Gasteiger partial charge is 0.314 e. The number of halogens is 1. The summed E-state index contributed by atoms with van der Waals surface area (Å²) in [7, 11) is 1.57. The van der Waals surface area contributed by atoms with Crippen molar-refractivity contribution in [1.29, 1.82) is 0 Å².